The average Bonchev–Trinajstić information content (AvgIpc) is 2.42. The highest BCUT2D eigenvalue weighted by Crippen LogP contribution is 2.19. The fraction of sp³-hybridized carbons (Fsp3) is 0.500. The number of benzene rings is 1. The second kappa shape index (κ2) is 8.27. The second-order valence-corrected chi connectivity index (χ2v) is 4.67. The third-order valence-corrected chi connectivity index (χ3v) is 2.96. The van der Waals surface area contributed by atoms with Crippen molar-refractivity contribution in [1.29, 1.82) is 0 Å². The number of hydrogen-bond acceptors (Lipinski definition) is 4. The molecule has 1 aromatic carbocycles. The van der Waals surface area contributed by atoms with Gasteiger partial charge in [0.1, 0.15) is 5.56 Å². The van der Waals surface area contributed by atoms with E-state index in [4.69, 9.17) is 5.11 Å². The molecule has 1 rings (SSSR count). The molecule has 1 aromatic rings. The minimum absolute atomic E-state index is 0.102. The van der Waals surface area contributed by atoms with Gasteiger partial charge in [0, 0.05) is 19.2 Å². The molecule has 0 fully saturated rings. The van der Waals surface area contributed by atoms with Crippen LogP contribution in [0.3, 0.4) is 0 Å². The minimum atomic E-state index is -0.546. The lowest BCUT2D eigenvalue weighted by molar-refractivity contribution is -0.385. The molecule has 0 saturated heterocycles. The maximum Gasteiger partial charge on any atom is 0.282 e. The van der Waals surface area contributed by atoms with Gasteiger partial charge in [0.25, 0.3) is 11.6 Å². The zero-order valence-electron chi connectivity index (χ0n) is 11.6. The number of nitro benzene ring substituents is 1. The summed E-state index contributed by atoms with van der Waals surface area (Å²) in [7, 11) is 0. The van der Waals surface area contributed by atoms with Gasteiger partial charge in [-0.2, -0.15) is 0 Å². The lowest BCUT2D eigenvalue weighted by Gasteiger charge is -2.06. The lowest BCUT2D eigenvalue weighted by Crippen LogP contribution is -2.25. The van der Waals surface area contributed by atoms with E-state index >= 15 is 0 Å². The smallest absolute Gasteiger partial charge is 0.282 e. The van der Waals surface area contributed by atoms with Crippen LogP contribution in [0.4, 0.5) is 5.69 Å². The summed E-state index contributed by atoms with van der Waals surface area (Å²) >= 11 is 0. The summed E-state index contributed by atoms with van der Waals surface area (Å²) in [5, 5.41) is 22.2. The molecular formula is C14H20N2O4. The quantitative estimate of drug-likeness (QED) is 0.433. The van der Waals surface area contributed by atoms with Crippen LogP contribution in [0.2, 0.25) is 0 Å². The van der Waals surface area contributed by atoms with Crippen molar-refractivity contribution >= 4 is 11.6 Å². The first-order valence-electron chi connectivity index (χ1n) is 6.70. The molecule has 0 saturated carbocycles. The topological polar surface area (TPSA) is 92.5 Å². The van der Waals surface area contributed by atoms with Crippen molar-refractivity contribution in [2.24, 2.45) is 0 Å². The van der Waals surface area contributed by atoms with Crippen molar-refractivity contribution in [2.45, 2.75) is 32.6 Å². The van der Waals surface area contributed by atoms with Gasteiger partial charge in [-0.05, 0) is 31.4 Å². The molecule has 0 aliphatic heterocycles. The van der Waals surface area contributed by atoms with Crippen LogP contribution < -0.4 is 5.32 Å². The van der Waals surface area contributed by atoms with Gasteiger partial charge in [-0.3, -0.25) is 14.9 Å². The summed E-state index contributed by atoms with van der Waals surface area (Å²) in [6.45, 7) is 2.45. The molecule has 110 valence electrons. The van der Waals surface area contributed by atoms with E-state index in [2.05, 4.69) is 5.32 Å². The first-order chi connectivity index (χ1) is 9.56. The zero-order valence-corrected chi connectivity index (χ0v) is 11.6. The number of aliphatic hydroxyl groups is 1. The predicted octanol–water partition coefficient (Wildman–Crippen LogP) is 2.19. The fourth-order valence-corrected chi connectivity index (χ4v) is 1.88. The molecular weight excluding hydrogens is 260 g/mol. The molecule has 0 aliphatic rings. The Morgan fingerprint density at radius 3 is 2.65 bits per heavy atom. The monoisotopic (exact) mass is 280 g/mol. The van der Waals surface area contributed by atoms with Gasteiger partial charge in [-0.1, -0.05) is 18.9 Å². The third-order valence-electron chi connectivity index (χ3n) is 2.96. The Bertz CT molecular complexity index is 474. The van der Waals surface area contributed by atoms with Crippen molar-refractivity contribution in [2.75, 3.05) is 13.2 Å². The number of carbonyl (C=O) groups is 1. The maximum absolute atomic E-state index is 12.0. The van der Waals surface area contributed by atoms with Gasteiger partial charge in [0.15, 0.2) is 0 Å². The van der Waals surface area contributed by atoms with Crippen molar-refractivity contribution < 1.29 is 14.8 Å². The van der Waals surface area contributed by atoms with Gasteiger partial charge < -0.3 is 10.4 Å². The van der Waals surface area contributed by atoms with Crippen molar-refractivity contribution in [3.05, 3.63) is 39.4 Å². The fourth-order valence-electron chi connectivity index (χ4n) is 1.88. The van der Waals surface area contributed by atoms with E-state index in [1.54, 1.807) is 13.0 Å². The van der Waals surface area contributed by atoms with Crippen LogP contribution in [0.15, 0.2) is 18.2 Å². The Labute approximate surface area is 118 Å². The molecule has 2 N–H and O–H groups in total. The largest absolute Gasteiger partial charge is 0.396 e. The average molecular weight is 280 g/mol. The van der Waals surface area contributed by atoms with Crippen LogP contribution in [-0.4, -0.2) is 29.1 Å². The Morgan fingerprint density at radius 1 is 1.30 bits per heavy atom. The highest BCUT2D eigenvalue weighted by Gasteiger charge is 2.19. The molecule has 0 unspecified atom stereocenters. The number of nitro groups is 1. The Balaban J connectivity index is 2.54. The summed E-state index contributed by atoms with van der Waals surface area (Å²) in [5.74, 6) is -0.414. The van der Waals surface area contributed by atoms with Gasteiger partial charge in [0.05, 0.1) is 4.92 Å². The van der Waals surface area contributed by atoms with E-state index in [1.807, 2.05) is 0 Å². The summed E-state index contributed by atoms with van der Waals surface area (Å²) in [6.07, 6.45) is 3.39. The third kappa shape index (κ3) is 4.97. The summed E-state index contributed by atoms with van der Waals surface area (Å²) in [4.78, 5) is 22.3. The summed E-state index contributed by atoms with van der Waals surface area (Å²) in [5.41, 5.74) is 0.738. The van der Waals surface area contributed by atoms with Crippen LogP contribution in [0.5, 0.6) is 0 Å². The molecule has 6 heteroatoms. The molecule has 6 nitrogen and oxygen atoms in total. The molecule has 0 aliphatic carbocycles. The van der Waals surface area contributed by atoms with Gasteiger partial charge in [0.2, 0.25) is 0 Å². The zero-order chi connectivity index (χ0) is 15.0. The maximum atomic E-state index is 12.0. The number of unbranched alkanes of at least 4 members (excludes halogenated alkanes) is 3. The first kappa shape index (κ1) is 16.1. The summed E-state index contributed by atoms with van der Waals surface area (Å²) < 4.78 is 0. The van der Waals surface area contributed by atoms with Gasteiger partial charge in [-0.25, -0.2) is 0 Å². The molecule has 0 atom stereocenters. The number of rotatable bonds is 8. The number of carbonyl (C=O) groups excluding carboxylic acids is 1. The van der Waals surface area contributed by atoms with Crippen LogP contribution in [0.25, 0.3) is 0 Å². The van der Waals surface area contributed by atoms with Crippen LogP contribution in [0, 0.1) is 17.0 Å². The number of amides is 1. The number of hydrogen-bond donors (Lipinski definition) is 2. The number of nitrogens with one attached hydrogen (secondary N) is 1. The van der Waals surface area contributed by atoms with Gasteiger partial charge in [-0.15, -0.1) is 0 Å². The SMILES string of the molecule is Cc1ccc([N+](=O)[O-])c(C(=O)NCCCCCCO)c1. The number of aliphatic hydroxyl groups excluding tert-OH is 1. The lowest BCUT2D eigenvalue weighted by atomic mass is 10.1. The molecule has 0 bridgehead atoms. The number of nitrogens with zero attached hydrogens (tertiary/aromatic N) is 1. The molecule has 0 radical (unpaired) electrons. The van der Waals surface area contributed by atoms with E-state index in [-0.39, 0.29) is 17.9 Å². The normalized spacial score (nSPS) is 10.3. The predicted molar refractivity (Wildman–Crippen MR) is 75.7 cm³/mol. The van der Waals surface area contributed by atoms with Crippen molar-refractivity contribution in [3.8, 4) is 0 Å². The number of aryl methyl sites for hydroxylation is 1. The Kier molecular flexibility index (Phi) is 6.66. The van der Waals surface area contributed by atoms with Crippen molar-refractivity contribution in [1.82, 2.24) is 5.32 Å². The van der Waals surface area contributed by atoms with Crippen molar-refractivity contribution in [3.63, 3.8) is 0 Å². The second-order valence-electron chi connectivity index (χ2n) is 4.67. The molecule has 0 spiro atoms. The Hall–Kier alpha value is -1.95. The van der Waals surface area contributed by atoms with Crippen LogP contribution in [-0.2, 0) is 0 Å². The van der Waals surface area contributed by atoms with Crippen LogP contribution in [0.1, 0.15) is 41.6 Å². The van der Waals surface area contributed by atoms with E-state index in [0.29, 0.717) is 6.54 Å². The van der Waals surface area contributed by atoms with E-state index in [0.717, 1.165) is 31.2 Å². The molecule has 1 amide bonds. The first-order valence-corrected chi connectivity index (χ1v) is 6.70. The van der Waals surface area contributed by atoms with Gasteiger partial charge >= 0.3 is 0 Å². The van der Waals surface area contributed by atoms with Crippen LogP contribution >= 0.6 is 0 Å². The highest BCUT2D eigenvalue weighted by atomic mass is 16.6. The van der Waals surface area contributed by atoms with E-state index in [9.17, 15) is 14.9 Å². The molecule has 0 heterocycles. The highest BCUT2D eigenvalue weighted by molar-refractivity contribution is 5.98. The standard InChI is InChI=1S/C14H20N2O4/c1-11-6-7-13(16(19)20)12(10-11)14(18)15-8-4-2-3-5-9-17/h6-7,10,17H,2-5,8-9H2,1H3,(H,15,18). The molecule has 0 aromatic heterocycles. The summed E-state index contributed by atoms with van der Waals surface area (Å²) in [6, 6.07) is 4.49. The van der Waals surface area contributed by atoms with E-state index in [1.165, 1.54) is 12.1 Å². The molecule has 20 heavy (non-hydrogen) atoms. The Morgan fingerprint density at radius 2 is 2.00 bits per heavy atom. The van der Waals surface area contributed by atoms with E-state index < -0.39 is 10.8 Å². The minimum Gasteiger partial charge on any atom is -0.396 e.